The van der Waals surface area contributed by atoms with Gasteiger partial charge in [-0.2, -0.15) is 0 Å². The van der Waals surface area contributed by atoms with Crippen LogP contribution in [-0.2, 0) is 4.79 Å². The molecular weight excluding hydrogens is 254 g/mol. The van der Waals surface area contributed by atoms with Crippen molar-refractivity contribution in [3.63, 3.8) is 0 Å². The Bertz CT molecular complexity index is 618. The number of aromatic nitrogens is 3. The monoisotopic (exact) mass is 273 g/mol. The molecule has 0 radical (unpaired) electrons. The van der Waals surface area contributed by atoms with Crippen molar-refractivity contribution in [2.24, 2.45) is 11.1 Å². The lowest BCUT2D eigenvalue weighted by Crippen LogP contribution is -2.37. The second-order valence-corrected chi connectivity index (χ2v) is 5.26. The van der Waals surface area contributed by atoms with E-state index in [2.05, 4.69) is 15.3 Å². The summed E-state index contributed by atoms with van der Waals surface area (Å²) in [6.07, 6.45) is 5.18. The van der Waals surface area contributed by atoms with E-state index < -0.39 is 5.41 Å². The van der Waals surface area contributed by atoms with Crippen LogP contribution >= 0.6 is 0 Å². The molecule has 106 valence electrons. The smallest absolute Gasteiger partial charge is 0.231 e. The number of carbonyl (C=O) groups excluding carboxylic acids is 1. The first kappa shape index (κ1) is 14.2. The van der Waals surface area contributed by atoms with Crippen LogP contribution in [0.3, 0.4) is 0 Å². The molecule has 3 N–H and O–H groups in total. The van der Waals surface area contributed by atoms with Gasteiger partial charge in [0.25, 0.3) is 0 Å². The maximum atomic E-state index is 12.2. The highest BCUT2D eigenvalue weighted by molar-refractivity contribution is 5.96. The molecule has 0 fully saturated rings. The van der Waals surface area contributed by atoms with Crippen molar-refractivity contribution in [3.05, 3.63) is 36.5 Å². The SMILES string of the molecule is Cc1nccn1-c1ncccc1NC(=O)C(C)(C)CN. The van der Waals surface area contributed by atoms with Crippen molar-refractivity contribution >= 4 is 11.6 Å². The lowest BCUT2D eigenvalue weighted by atomic mass is 9.92. The molecule has 0 aliphatic heterocycles. The number of aryl methyl sites for hydroxylation is 1. The van der Waals surface area contributed by atoms with Gasteiger partial charge in [-0.25, -0.2) is 9.97 Å². The molecule has 0 spiro atoms. The van der Waals surface area contributed by atoms with Crippen LogP contribution in [0.15, 0.2) is 30.7 Å². The predicted molar refractivity (Wildman–Crippen MR) is 77.6 cm³/mol. The normalized spacial score (nSPS) is 11.4. The van der Waals surface area contributed by atoms with Gasteiger partial charge in [0, 0.05) is 25.1 Å². The number of hydrogen-bond acceptors (Lipinski definition) is 4. The van der Waals surface area contributed by atoms with Crippen molar-refractivity contribution in [2.75, 3.05) is 11.9 Å². The Labute approximate surface area is 118 Å². The largest absolute Gasteiger partial charge is 0.329 e. The molecule has 6 heteroatoms. The Balaban J connectivity index is 2.35. The summed E-state index contributed by atoms with van der Waals surface area (Å²) in [6.45, 7) is 5.77. The minimum absolute atomic E-state index is 0.132. The Kier molecular flexibility index (Phi) is 3.85. The van der Waals surface area contributed by atoms with Crippen LogP contribution < -0.4 is 11.1 Å². The predicted octanol–water partition coefficient (Wildman–Crippen LogP) is 1.50. The first-order valence-electron chi connectivity index (χ1n) is 6.42. The quantitative estimate of drug-likeness (QED) is 0.884. The van der Waals surface area contributed by atoms with Gasteiger partial charge in [0.05, 0.1) is 11.1 Å². The molecule has 0 atom stereocenters. The fourth-order valence-corrected chi connectivity index (χ4v) is 1.67. The number of nitrogens with one attached hydrogen (secondary N) is 1. The van der Waals surface area contributed by atoms with Crippen molar-refractivity contribution in [1.29, 1.82) is 0 Å². The number of pyridine rings is 1. The van der Waals surface area contributed by atoms with E-state index in [4.69, 9.17) is 5.73 Å². The van der Waals surface area contributed by atoms with E-state index >= 15 is 0 Å². The molecule has 1 amide bonds. The Morgan fingerprint density at radius 3 is 2.75 bits per heavy atom. The van der Waals surface area contributed by atoms with E-state index in [-0.39, 0.29) is 12.5 Å². The highest BCUT2D eigenvalue weighted by atomic mass is 16.2. The first-order chi connectivity index (χ1) is 9.45. The van der Waals surface area contributed by atoms with Crippen LogP contribution in [-0.4, -0.2) is 27.0 Å². The van der Waals surface area contributed by atoms with Gasteiger partial charge in [0.2, 0.25) is 5.91 Å². The second kappa shape index (κ2) is 5.42. The van der Waals surface area contributed by atoms with Gasteiger partial charge in [-0.15, -0.1) is 0 Å². The fraction of sp³-hybridized carbons (Fsp3) is 0.357. The molecule has 2 aromatic heterocycles. The van der Waals surface area contributed by atoms with Crippen molar-refractivity contribution in [2.45, 2.75) is 20.8 Å². The molecule has 20 heavy (non-hydrogen) atoms. The molecule has 2 rings (SSSR count). The molecule has 2 heterocycles. The summed E-state index contributed by atoms with van der Waals surface area (Å²) in [4.78, 5) is 20.7. The summed E-state index contributed by atoms with van der Waals surface area (Å²) in [7, 11) is 0. The van der Waals surface area contributed by atoms with Crippen molar-refractivity contribution < 1.29 is 4.79 Å². The molecule has 0 aromatic carbocycles. The topological polar surface area (TPSA) is 85.8 Å². The van der Waals surface area contributed by atoms with Crippen molar-refractivity contribution in [3.8, 4) is 5.82 Å². The lowest BCUT2D eigenvalue weighted by Gasteiger charge is -2.22. The summed E-state index contributed by atoms with van der Waals surface area (Å²) in [5.41, 5.74) is 5.64. The number of nitrogens with zero attached hydrogens (tertiary/aromatic N) is 3. The number of carbonyl (C=O) groups is 1. The van der Waals surface area contributed by atoms with Crippen LogP contribution in [0.4, 0.5) is 5.69 Å². The van der Waals surface area contributed by atoms with Crippen LogP contribution in [0, 0.1) is 12.3 Å². The number of anilines is 1. The molecule has 0 unspecified atom stereocenters. The average Bonchev–Trinajstić information content (AvgIpc) is 2.85. The van der Waals surface area contributed by atoms with E-state index in [1.165, 1.54) is 0 Å². The van der Waals surface area contributed by atoms with Crippen LogP contribution in [0.5, 0.6) is 0 Å². The van der Waals surface area contributed by atoms with Crippen LogP contribution in [0.25, 0.3) is 5.82 Å². The molecule has 2 aromatic rings. The second-order valence-electron chi connectivity index (χ2n) is 5.26. The van der Waals surface area contributed by atoms with E-state index in [0.717, 1.165) is 5.82 Å². The van der Waals surface area contributed by atoms with Gasteiger partial charge in [-0.05, 0) is 32.9 Å². The average molecular weight is 273 g/mol. The maximum Gasteiger partial charge on any atom is 0.231 e. The summed E-state index contributed by atoms with van der Waals surface area (Å²) in [5.74, 6) is 1.31. The maximum absolute atomic E-state index is 12.2. The summed E-state index contributed by atoms with van der Waals surface area (Å²) in [5, 5.41) is 2.89. The third-order valence-corrected chi connectivity index (χ3v) is 3.21. The Hall–Kier alpha value is -2.21. The molecule has 0 saturated heterocycles. The molecule has 0 bridgehead atoms. The zero-order valence-electron chi connectivity index (χ0n) is 11.9. The van der Waals surface area contributed by atoms with Gasteiger partial charge in [-0.3, -0.25) is 9.36 Å². The minimum atomic E-state index is -0.628. The lowest BCUT2D eigenvalue weighted by molar-refractivity contribution is -0.123. The summed E-state index contributed by atoms with van der Waals surface area (Å²) in [6, 6.07) is 3.59. The fourth-order valence-electron chi connectivity index (χ4n) is 1.67. The standard InChI is InChI=1S/C14H19N5O/c1-10-16-7-8-19(10)12-11(5-4-6-17-12)18-13(20)14(2,3)9-15/h4-8H,9,15H2,1-3H3,(H,18,20). The Morgan fingerprint density at radius 1 is 1.40 bits per heavy atom. The van der Waals surface area contributed by atoms with E-state index in [1.807, 2.05) is 17.6 Å². The van der Waals surface area contributed by atoms with Gasteiger partial charge < -0.3 is 11.1 Å². The first-order valence-corrected chi connectivity index (χ1v) is 6.42. The number of nitrogens with two attached hydrogens (primary N) is 1. The van der Waals surface area contributed by atoms with Crippen LogP contribution in [0.2, 0.25) is 0 Å². The molecule has 0 saturated carbocycles. The van der Waals surface area contributed by atoms with E-state index in [1.54, 1.807) is 38.5 Å². The number of amides is 1. The zero-order chi connectivity index (χ0) is 14.8. The van der Waals surface area contributed by atoms with Crippen molar-refractivity contribution in [1.82, 2.24) is 14.5 Å². The van der Waals surface area contributed by atoms with Gasteiger partial charge in [0.15, 0.2) is 5.82 Å². The molecule has 0 aliphatic rings. The highest BCUT2D eigenvalue weighted by Crippen LogP contribution is 2.22. The summed E-state index contributed by atoms with van der Waals surface area (Å²) < 4.78 is 1.82. The van der Waals surface area contributed by atoms with Crippen LogP contribution in [0.1, 0.15) is 19.7 Å². The zero-order valence-corrected chi connectivity index (χ0v) is 11.9. The third-order valence-electron chi connectivity index (χ3n) is 3.21. The minimum Gasteiger partial charge on any atom is -0.329 e. The number of rotatable bonds is 4. The molecule has 0 aliphatic carbocycles. The van der Waals surface area contributed by atoms with Gasteiger partial charge in [0.1, 0.15) is 5.82 Å². The molecular formula is C14H19N5O. The molecule has 6 nitrogen and oxygen atoms in total. The van der Waals surface area contributed by atoms with Gasteiger partial charge in [-0.1, -0.05) is 0 Å². The van der Waals surface area contributed by atoms with E-state index in [0.29, 0.717) is 11.5 Å². The third kappa shape index (κ3) is 2.70. The Morgan fingerprint density at radius 2 is 2.15 bits per heavy atom. The van der Waals surface area contributed by atoms with E-state index in [9.17, 15) is 4.79 Å². The number of hydrogen-bond donors (Lipinski definition) is 2. The van der Waals surface area contributed by atoms with Gasteiger partial charge >= 0.3 is 0 Å². The highest BCUT2D eigenvalue weighted by Gasteiger charge is 2.26. The number of imidazole rings is 1. The summed E-state index contributed by atoms with van der Waals surface area (Å²) >= 11 is 0.